The Morgan fingerprint density at radius 3 is 2.65 bits per heavy atom. The molecule has 1 atom stereocenters. The van der Waals surface area contributed by atoms with E-state index >= 15 is 0 Å². The van der Waals surface area contributed by atoms with Crippen molar-refractivity contribution in [3.8, 4) is 0 Å². The SMILES string of the molecule is COC(=O)c1ccc(C=Nc2sc3c(c2C(=O)NCc2ccco2)CC[C@@H](C(C)(C)C)C3)cc1. The van der Waals surface area contributed by atoms with Gasteiger partial charge in [-0.2, -0.15) is 0 Å². The number of nitrogens with one attached hydrogen (secondary N) is 1. The van der Waals surface area contributed by atoms with E-state index in [2.05, 4.69) is 26.1 Å². The Labute approximate surface area is 204 Å². The molecule has 2 heterocycles. The lowest BCUT2D eigenvalue weighted by molar-refractivity contribution is 0.0600. The number of amides is 1. The number of carbonyl (C=O) groups is 2. The van der Waals surface area contributed by atoms with E-state index in [1.807, 2.05) is 24.3 Å². The molecule has 0 spiro atoms. The third-order valence-corrected chi connectivity index (χ3v) is 7.53. The normalized spacial score (nSPS) is 15.8. The molecule has 0 unspecified atom stereocenters. The highest BCUT2D eigenvalue weighted by Gasteiger charge is 2.33. The Balaban J connectivity index is 1.62. The largest absolute Gasteiger partial charge is 0.467 e. The van der Waals surface area contributed by atoms with Crippen LogP contribution in [0, 0.1) is 11.3 Å². The van der Waals surface area contributed by atoms with Crippen LogP contribution in [0.2, 0.25) is 0 Å². The number of benzene rings is 1. The van der Waals surface area contributed by atoms with Crippen molar-refractivity contribution >= 4 is 34.4 Å². The standard InChI is InChI=1S/C27H30N2O4S/c1-27(2,3)19-11-12-21-22(14-19)34-25(23(21)24(30)28-16-20-6-5-13-33-20)29-15-17-7-9-18(10-8-17)26(31)32-4/h5-10,13,15,19H,11-12,14,16H2,1-4H3,(H,28,30)/t19-/m1/s1. The van der Waals surface area contributed by atoms with Crippen molar-refractivity contribution in [1.29, 1.82) is 0 Å². The Bertz CT molecular complexity index is 1180. The molecule has 2 aromatic heterocycles. The van der Waals surface area contributed by atoms with Crippen molar-refractivity contribution < 1.29 is 18.7 Å². The van der Waals surface area contributed by atoms with E-state index in [1.54, 1.807) is 35.9 Å². The third-order valence-electron chi connectivity index (χ3n) is 6.36. The fourth-order valence-electron chi connectivity index (χ4n) is 4.26. The second kappa shape index (κ2) is 9.97. The van der Waals surface area contributed by atoms with Crippen LogP contribution in [0.5, 0.6) is 0 Å². The molecule has 6 nitrogen and oxygen atoms in total. The Hall–Kier alpha value is -3.19. The molecule has 0 saturated carbocycles. The summed E-state index contributed by atoms with van der Waals surface area (Å²) >= 11 is 1.61. The first-order chi connectivity index (χ1) is 16.3. The maximum Gasteiger partial charge on any atom is 0.337 e. The van der Waals surface area contributed by atoms with Crippen LogP contribution in [0.25, 0.3) is 0 Å². The molecule has 0 bridgehead atoms. The molecule has 0 aliphatic heterocycles. The minimum atomic E-state index is -0.377. The van der Waals surface area contributed by atoms with E-state index < -0.39 is 0 Å². The summed E-state index contributed by atoms with van der Waals surface area (Å²) in [6.07, 6.45) is 6.24. The number of rotatable bonds is 6. The second-order valence-electron chi connectivity index (χ2n) is 9.62. The van der Waals surface area contributed by atoms with E-state index in [4.69, 9.17) is 14.1 Å². The van der Waals surface area contributed by atoms with Crippen LogP contribution in [-0.2, 0) is 24.1 Å². The van der Waals surface area contributed by atoms with Gasteiger partial charge in [-0.3, -0.25) is 4.79 Å². The molecule has 0 saturated heterocycles. The van der Waals surface area contributed by atoms with Gasteiger partial charge in [0.15, 0.2) is 0 Å². The minimum absolute atomic E-state index is 0.128. The highest BCUT2D eigenvalue weighted by molar-refractivity contribution is 7.16. The first-order valence-electron chi connectivity index (χ1n) is 11.4. The minimum Gasteiger partial charge on any atom is -0.467 e. The number of fused-ring (bicyclic) bond motifs is 1. The third kappa shape index (κ3) is 5.30. The number of thiophene rings is 1. The van der Waals surface area contributed by atoms with Gasteiger partial charge in [-0.1, -0.05) is 32.9 Å². The number of methoxy groups -OCH3 is 1. The van der Waals surface area contributed by atoms with Crippen LogP contribution in [0.15, 0.2) is 52.1 Å². The van der Waals surface area contributed by atoms with Crippen molar-refractivity contribution in [1.82, 2.24) is 5.32 Å². The second-order valence-corrected chi connectivity index (χ2v) is 10.7. The summed E-state index contributed by atoms with van der Waals surface area (Å²) in [4.78, 5) is 30.9. The number of nitrogens with zero attached hydrogens (tertiary/aromatic N) is 1. The lowest BCUT2D eigenvalue weighted by atomic mass is 9.72. The number of ether oxygens (including phenoxy) is 1. The summed E-state index contributed by atoms with van der Waals surface area (Å²) in [6, 6.07) is 10.7. The maximum atomic E-state index is 13.3. The van der Waals surface area contributed by atoms with Crippen LogP contribution in [-0.4, -0.2) is 25.2 Å². The van der Waals surface area contributed by atoms with E-state index in [0.717, 1.165) is 30.4 Å². The van der Waals surface area contributed by atoms with Gasteiger partial charge in [-0.15, -0.1) is 11.3 Å². The summed E-state index contributed by atoms with van der Waals surface area (Å²) in [6.45, 7) is 7.18. The van der Waals surface area contributed by atoms with E-state index in [0.29, 0.717) is 34.4 Å². The summed E-state index contributed by atoms with van der Waals surface area (Å²) in [5, 5.41) is 3.71. The molecule has 1 aliphatic rings. The predicted octanol–water partition coefficient (Wildman–Crippen LogP) is 5.96. The van der Waals surface area contributed by atoms with Gasteiger partial charge >= 0.3 is 5.97 Å². The van der Waals surface area contributed by atoms with Crippen molar-refractivity contribution in [3.05, 3.63) is 75.6 Å². The van der Waals surface area contributed by atoms with E-state index in [1.165, 1.54) is 12.0 Å². The van der Waals surface area contributed by atoms with Crippen molar-refractivity contribution in [2.45, 2.75) is 46.6 Å². The average Bonchev–Trinajstić information content (AvgIpc) is 3.47. The van der Waals surface area contributed by atoms with E-state index in [-0.39, 0.29) is 17.3 Å². The first-order valence-corrected chi connectivity index (χ1v) is 12.3. The van der Waals surface area contributed by atoms with Gasteiger partial charge in [-0.25, -0.2) is 9.79 Å². The summed E-state index contributed by atoms with van der Waals surface area (Å²) in [5.74, 6) is 0.774. The molecule has 178 valence electrons. The lowest BCUT2D eigenvalue weighted by Gasteiger charge is -2.33. The average molecular weight is 479 g/mol. The number of carbonyl (C=O) groups excluding carboxylic acids is 2. The van der Waals surface area contributed by atoms with Crippen molar-refractivity contribution in [3.63, 3.8) is 0 Å². The van der Waals surface area contributed by atoms with Gasteiger partial charge < -0.3 is 14.5 Å². The Kier molecular flexibility index (Phi) is 7.03. The maximum absolute atomic E-state index is 13.3. The van der Waals surface area contributed by atoms with Crippen molar-refractivity contribution in [2.24, 2.45) is 16.3 Å². The molecule has 1 aromatic carbocycles. The Morgan fingerprint density at radius 1 is 1.24 bits per heavy atom. The molecule has 7 heteroatoms. The number of esters is 1. The monoisotopic (exact) mass is 478 g/mol. The van der Waals surface area contributed by atoms with Crippen molar-refractivity contribution in [2.75, 3.05) is 7.11 Å². The molecule has 0 radical (unpaired) electrons. The fraction of sp³-hybridized carbons (Fsp3) is 0.370. The molecule has 34 heavy (non-hydrogen) atoms. The summed E-state index contributed by atoms with van der Waals surface area (Å²) < 4.78 is 10.1. The molecule has 1 aliphatic carbocycles. The smallest absolute Gasteiger partial charge is 0.337 e. The number of aliphatic imine (C=N–C) groups is 1. The molecule has 1 N–H and O–H groups in total. The Morgan fingerprint density at radius 2 is 2.00 bits per heavy atom. The molecular formula is C27H30N2O4S. The van der Waals surface area contributed by atoms with Crippen LogP contribution < -0.4 is 5.32 Å². The van der Waals surface area contributed by atoms with Gasteiger partial charge in [0, 0.05) is 11.1 Å². The van der Waals surface area contributed by atoms with Gasteiger partial charge in [-0.05, 0) is 66.0 Å². The zero-order valence-electron chi connectivity index (χ0n) is 20.0. The predicted molar refractivity (Wildman–Crippen MR) is 134 cm³/mol. The van der Waals surface area contributed by atoms with E-state index in [9.17, 15) is 9.59 Å². The highest BCUT2D eigenvalue weighted by atomic mass is 32.1. The molecule has 0 fully saturated rings. The highest BCUT2D eigenvalue weighted by Crippen LogP contribution is 2.45. The summed E-state index contributed by atoms with van der Waals surface area (Å²) in [5.41, 5.74) is 3.33. The van der Waals surface area contributed by atoms with Gasteiger partial charge in [0.05, 0.1) is 31.0 Å². The van der Waals surface area contributed by atoms with Gasteiger partial charge in [0.25, 0.3) is 5.91 Å². The zero-order valence-corrected chi connectivity index (χ0v) is 20.8. The van der Waals surface area contributed by atoms with Crippen LogP contribution >= 0.6 is 11.3 Å². The number of hydrogen-bond donors (Lipinski definition) is 1. The first kappa shape index (κ1) is 24.0. The number of furan rings is 1. The lowest BCUT2D eigenvalue weighted by Crippen LogP contribution is -2.28. The topological polar surface area (TPSA) is 80.9 Å². The molecular weight excluding hydrogens is 448 g/mol. The van der Waals surface area contributed by atoms with Crippen LogP contribution in [0.1, 0.15) is 69.7 Å². The molecule has 4 rings (SSSR count). The number of hydrogen-bond acceptors (Lipinski definition) is 6. The summed E-state index contributed by atoms with van der Waals surface area (Å²) in [7, 11) is 1.36. The molecule has 1 amide bonds. The zero-order chi connectivity index (χ0) is 24.3. The van der Waals surface area contributed by atoms with Crippen LogP contribution in [0.4, 0.5) is 5.00 Å². The van der Waals surface area contributed by atoms with Gasteiger partial charge in [0.1, 0.15) is 10.8 Å². The van der Waals surface area contributed by atoms with Gasteiger partial charge in [0.2, 0.25) is 0 Å². The quantitative estimate of drug-likeness (QED) is 0.350. The fourth-order valence-corrected chi connectivity index (χ4v) is 5.53. The van der Waals surface area contributed by atoms with Crippen LogP contribution in [0.3, 0.4) is 0 Å². The molecule has 3 aromatic rings.